The van der Waals surface area contributed by atoms with Crippen molar-refractivity contribution in [2.45, 2.75) is 6.92 Å². The summed E-state index contributed by atoms with van der Waals surface area (Å²) in [6.45, 7) is 0.643. The Bertz CT molecular complexity index is 932. The molecule has 0 aromatic heterocycles. The lowest BCUT2D eigenvalue weighted by atomic mass is 10.1. The molecule has 1 N–H and O–H groups in total. The Labute approximate surface area is 159 Å². The number of Topliss-reactive ketones (excluding diaryl/α,β-unsaturated/α-hetero) is 1. The van der Waals surface area contributed by atoms with E-state index in [1.165, 1.54) is 49.4 Å². The molecular formula is C19H15N2O7-. The van der Waals surface area contributed by atoms with Gasteiger partial charge in [0.1, 0.15) is 12.4 Å². The molecular weight excluding hydrogens is 368 g/mol. The molecule has 0 spiro atoms. The van der Waals surface area contributed by atoms with Crippen LogP contribution >= 0.6 is 0 Å². The van der Waals surface area contributed by atoms with Crippen molar-refractivity contribution in [2.75, 3.05) is 11.9 Å². The fourth-order valence-corrected chi connectivity index (χ4v) is 2.16. The first-order chi connectivity index (χ1) is 13.3. The van der Waals surface area contributed by atoms with Crippen molar-refractivity contribution in [1.29, 1.82) is 0 Å². The van der Waals surface area contributed by atoms with Gasteiger partial charge in [-0.25, -0.2) is 0 Å². The van der Waals surface area contributed by atoms with E-state index in [0.29, 0.717) is 17.0 Å². The van der Waals surface area contributed by atoms with Gasteiger partial charge in [-0.2, -0.15) is 0 Å². The van der Waals surface area contributed by atoms with E-state index in [-0.39, 0.29) is 11.3 Å². The second-order valence-corrected chi connectivity index (χ2v) is 5.60. The number of benzene rings is 2. The minimum absolute atomic E-state index is 0.123. The Morgan fingerprint density at radius 1 is 1.07 bits per heavy atom. The number of carboxylic acid groups (broad SMARTS) is 1. The van der Waals surface area contributed by atoms with Crippen LogP contribution in [0, 0.1) is 10.1 Å². The van der Waals surface area contributed by atoms with E-state index in [4.69, 9.17) is 4.74 Å². The summed E-state index contributed by atoms with van der Waals surface area (Å²) < 4.78 is 4.95. The van der Waals surface area contributed by atoms with E-state index >= 15 is 0 Å². The van der Waals surface area contributed by atoms with Gasteiger partial charge in [-0.15, -0.1) is 0 Å². The Kier molecular flexibility index (Phi) is 6.58. The van der Waals surface area contributed by atoms with Gasteiger partial charge in [0.05, 0.1) is 16.5 Å². The van der Waals surface area contributed by atoms with Gasteiger partial charge < -0.3 is 20.0 Å². The standard InChI is InChI=1S/C19H16N2O7/c1-12(22)17(10-13-2-8-16(9-3-13)28-11-18(23)24)19(25)20-14-4-6-15(7-5-14)21(26)27/h2-10H,11H2,1H3,(H,20,25)(H,23,24)/p-1/b17-10+. The number of nitrogens with one attached hydrogen (secondary N) is 1. The van der Waals surface area contributed by atoms with E-state index < -0.39 is 29.2 Å². The Hall–Kier alpha value is -4.01. The highest BCUT2D eigenvalue weighted by atomic mass is 16.6. The van der Waals surface area contributed by atoms with Crippen molar-refractivity contribution in [2.24, 2.45) is 0 Å². The van der Waals surface area contributed by atoms with Gasteiger partial charge in [0.25, 0.3) is 11.6 Å². The number of anilines is 1. The van der Waals surface area contributed by atoms with Crippen LogP contribution < -0.4 is 15.2 Å². The Balaban J connectivity index is 2.14. The summed E-state index contributed by atoms with van der Waals surface area (Å²) in [6.07, 6.45) is 1.37. The summed E-state index contributed by atoms with van der Waals surface area (Å²) in [5.41, 5.74) is 0.571. The second kappa shape index (κ2) is 9.08. The smallest absolute Gasteiger partial charge is 0.269 e. The van der Waals surface area contributed by atoms with E-state index in [1.807, 2.05) is 0 Å². The van der Waals surface area contributed by atoms with Crippen LogP contribution in [0.4, 0.5) is 11.4 Å². The fourth-order valence-electron chi connectivity index (χ4n) is 2.16. The zero-order chi connectivity index (χ0) is 20.7. The number of ketones is 1. The topological polar surface area (TPSA) is 139 Å². The van der Waals surface area contributed by atoms with Gasteiger partial charge >= 0.3 is 0 Å². The molecule has 0 bridgehead atoms. The number of ether oxygens (including phenoxy) is 1. The molecule has 0 aliphatic heterocycles. The zero-order valence-corrected chi connectivity index (χ0v) is 14.7. The minimum Gasteiger partial charge on any atom is -0.546 e. The van der Waals surface area contributed by atoms with Crippen LogP contribution in [0.2, 0.25) is 0 Å². The lowest BCUT2D eigenvalue weighted by Crippen LogP contribution is -2.28. The van der Waals surface area contributed by atoms with Crippen LogP contribution in [-0.2, 0) is 14.4 Å². The van der Waals surface area contributed by atoms with E-state index in [9.17, 15) is 29.6 Å². The highest BCUT2D eigenvalue weighted by Gasteiger charge is 2.15. The molecule has 9 heteroatoms. The van der Waals surface area contributed by atoms with Crippen molar-refractivity contribution in [1.82, 2.24) is 0 Å². The number of nitrogens with zero attached hydrogens (tertiary/aromatic N) is 1. The van der Waals surface area contributed by atoms with Crippen molar-refractivity contribution in [3.05, 3.63) is 69.8 Å². The molecule has 0 fully saturated rings. The molecule has 0 unspecified atom stereocenters. The predicted octanol–water partition coefficient (Wildman–Crippen LogP) is 1.33. The number of rotatable bonds is 8. The maximum atomic E-state index is 12.4. The zero-order valence-electron chi connectivity index (χ0n) is 14.7. The molecule has 2 aromatic rings. The van der Waals surface area contributed by atoms with Crippen molar-refractivity contribution in [3.8, 4) is 5.75 Å². The van der Waals surface area contributed by atoms with Crippen molar-refractivity contribution >= 4 is 35.1 Å². The fraction of sp³-hybridized carbons (Fsp3) is 0.105. The molecule has 2 rings (SSSR count). The third-order valence-electron chi connectivity index (χ3n) is 3.51. The van der Waals surface area contributed by atoms with Gasteiger partial charge in [-0.3, -0.25) is 19.7 Å². The lowest BCUT2D eigenvalue weighted by molar-refractivity contribution is -0.384. The van der Waals surface area contributed by atoms with Gasteiger partial charge in [-0.05, 0) is 42.8 Å². The monoisotopic (exact) mass is 383 g/mol. The molecule has 0 saturated heterocycles. The summed E-state index contributed by atoms with van der Waals surface area (Å²) in [5, 5.41) is 23.5. The molecule has 0 aliphatic rings. The molecule has 1 amide bonds. The lowest BCUT2D eigenvalue weighted by Gasteiger charge is -2.08. The molecule has 0 radical (unpaired) electrons. The molecule has 0 atom stereocenters. The van der Waals surface area contributed by atoms with Gasteiger partial charge in [0, 0.05) is 17.8 Å². The first-order valence-corrected chi connectivity index (χ1v) is 7.97. The quantitative estimate of drug-likeness (QED) is 0.238. The molecule has 0 aliphatic carbocycles. The molecule has 28 heavy (non-hydrogen) atoms. The van der Waals surface area contributed by atoms with Crippen LogP contribution in [0.5, 0.6) is 5.75 Å². The van der Waals surface area contributed by atoms with E-state index in [0.717, 1.165) is 0 Å². The summed E-state index contributed by atoms with van der Waals surface area (Å²) in [7, 11) is 0. The average molecular weight is 383 g/mol. The average Bonchev–Trinajstić information content (AvgIpc) is 2.65. The molecule has 144 valence electrons. The number of hydrogen-bond donors (Lipinski definition) is 1. The van der Waals surface area contributed by atoms with Crippen LogP contribution in [0.3, 0.4) is 0 Å². The Morgan fingerprint density at radius 2 is 1.68 bits per heavy atom. The number of non-ortho nitro benzene ring substituents is 1. The number of carbonyl (C=O) groups excluding carboxylic acids is 3. The third kappa shape index (κ3) is 5.77. The highest BCUT2D eigenvalue weighted by Crippen LogP contribution is 2.18. The van der Waals surface area contributed by atoms with Crippen LogP contribution in [0.15, 0.2) is 54.1 Å². The van der Waals surface area contributed by atoms with Crippen molar-refractivity contribution < 1.29 is 29.2 Å². The largest absolute Gasteiger partial charge is 0.546 e. The van der Waals surface area contributed by atoms with Gasteiger partial charge in [0.2, 0.25) is 0 Å². The summed E-state index contributed by atoms with van der Waals surface area (Å²) in [6, 6.07) is 11.3. The Morgan fingerprint density at radius 3 is 2.18 bits per heavy atom. The second-order valence-electron chi connectivity index (χ2n) is 5.60. The van der Waals surface area contributed by atoms with Gasteiger partial charge in [0.15, 0.2) is 5.78 Å². The summed E-state index contributed by atoms with van der Waals surface area (Å²) in [4.78, 5) is 44.7. The SMILES string of the molecule is CC(=O)/C(=C\c1ccc(OCC(=O)[O-])cc1)C(=O)Nc1ccc([N+](=O)[O-])cc1. The third-order valence-corrected chi connectivity index (χ3v) is 3.51. The molecule has 0 heterocycles. The van der Waals surface area contributed by atoms with Crippen LogP contribution in [0.25, 0.3) is 6.08 Å². The number of hydrogen-bond acceptors (Lipinski definition) is 7. The van der Waals surface area contributed by atoms with E-state index in [2.05, 4.69) is 5.32 Å². The number of carboxylic acids is 1. The highest BCUT2D eigenvalue weighted by molar-refractivity contribution is 6.25. The first-order valence-electron chi connectivity index (χ1n) is 7.97. The number of nitro benzene ring substituents is 1. The van der Waals surface area contributed by atoms with Crippen molar-refractivity contribution in [3.63, 3.8) is 0 Å². The number of carbonyl (C=O) groups is 3. The van der Waals surface area contributed by atoms with Crippen LogP contribution in [0.1, 0.15) is 12.5 Å². The molecule has 2 aromatic carbocycles. The predicted molar refractivity (Wildman–Crippen MR) is 97.3 cm³/mol. The minimum atomic E-state index is -1.36. The number of aliphatic carboxylic acids is 1. The number of amides is 1. The van der Waals surface area contributed by atoms with Crippen LogP contribution in [-0.4, -0.2) is 29.2 Å². The first kappa shape index (κ1) is 20.3. The molecule has 9 nitrogen and oxygen atoms in total. The summed E-state index contributed by atoms with van der Waals surface area (Å²) >= 11 is 0. The van der Waals surface area contributed by atoms with E-state index in [1.54, 1.807) is 12.1 Å². The summed E-state index contributed by atoms with van der Waals surface area (Å²) in [5.74, 6) is -2.21. The van der Waals surface area contributed by atoms with Gasteiger partial charge in [-0.1, -0.05) is 12.1 Å². The number of nitro groups is 1. The normalized spacial score (nSPS) is 10.8. The molecule has 0 saturated carbocycles. The maximum Gasteiger partial charge on any atom is 0.269 e. The maximum absolute atomic E-state index is 12.4.